The van der Waals surface area contributed by atoms with Gasteiger partial charge in [-0.25, -0.2) is 4.98 Å². The van der Waals surface area contributed by atoms with Crippen molar-refractivity contribution in [3.05, 3.63) is 47.7 Å². The molecule has 0 unspecified atom stereocenters. The molecular formula is C15H15N3O3. The minimum absolute atomic E-state index is 0.176. The van der Waals surface area contributed by atoms with Gasteiger partial charge in [0.05, 0.1) is 5.56 Å². The van der Waals surface area contributed by atoms with Gasteiger partial charge < -0.3 is 20.1 Å². The molecule has 0 atom stereocenters. The molecule has 2 heterocycles. The Labute approximate surface area is 122 Å². The summed E-state index contributed by atoms with van der Waals surface area (Å²) in [4.78, 5) is 16.3. The lowest BCUT2D eigenvalue weighted by molar-refractivity contribution is 0.0951. The van der Waals surface area contributed by atoms with E-state index in [-0.39, 0.29) is 12.7 Å². The Morgan fingerprint density at radius 1 is 1.29 bits per heavy atom. The number of hydrogen-bond donors (Lipinski definition) is 2. The maximum atomic E-state index is 12.2. The molecule has 108 valence electrons. The van der Waals surface area contributed by atoms with Crippen molar-refractivity contribution in [1.82, 2.24) is 10.3 Å². The monoisotopic (exact) mass is 285 g/mol. The van der Waals surface area contributed by atoms with Crippen LogP contribution in [-0.4, -0.2) is 24.7 Å². The number of pyridine rings is 1. The fraction of sp³-hybridized carbons (Fsp3) is 0.200. The molecule has 2 aromatic rings. The van der Waals surface area contributed by atoms with Crippen LogP contribution in [0.2, 0.25) is 0 Å². The van der Waals surface area contributed by atoms with Crippen molar-refractivity contribution in [2.24, 2.45) is 0 Å². The maximum Gasteiger partial charge on any atom is 0.255 e. The fourth-order valence-corrected chi connectivity index (χ4v) is 2.12. The lowest BCUT2D eigenvalue weighted by Crippen LogP contribution is -2.24. The Bertz CT molecular complexity index is 673. The van der Waals surface area contributed by atoms with Gasteiger partial charge in [-0.1, -0.05) is 6.07 Å². The van der Waals surface area contributed by atoms with Crippen LogP contribution in [0, 0.1) is 0 Å². The summed E-state index contributed by atoms with van der Waals surface area (Å²) in [5, 5.41) is 5.77. The van der Waals surface area contributed by atoms with E-state index in [9.17, 15) is 4.79 Å². The number of amides is 1. The highest BCUT2D eigenvalue weighted by Crippen LogP contribution is 2.32. The number of fused-ring (bicyclic) bond motifs is 1. The van der Waals surface area contributed by atoms with Crippen LogP contribution in [0.1, 0.15) is 15.9 Å². The van der Waals surface area contributed by atoms with Crippen molar-refractivity contribution in [1.29, 1.82) is 0 Å². The molecule has 0 saturated carbocycles. The Morgan fingerprint density at radius 3 is 3.00 bits per heavy atom. The normalized spacial score (nSPS) is 12.0. The van der Waals surface area contributed by atoms with E-state index in [0.717, 1.165) is 11.3 Å². The highest BCUT2D eigenvalue weighted by molar-refractivity contribution is 5.98. The molecule has 0 aliphatic carbocycles. The first-order valence-electron chi connectivity index (χ1n) is 6.57. The van der Waals surface area contributed by atoms with E-state index >= 15 is 0 Å². The second-order valence-electron chi connectivity index (χ2n) is 4.52. The number of rotatable bonds is 4. The lowest BCUT2D eigenvalue weighted by atomic mass is 10.2. The Morgan fingerprint density at radius 2 is 2.14 bits per heavy atom. The van der Waals surface area contributed by atoms with Gasteiger partial charge in [0.2, 0.25) is 6.79 Å². The number of carbonyl (C=O) groups excluding carboxylic acids is 1. The lowest BCUT2D eigenvalue weighted by Gasteiger charge is -2.09. The van der Waals surface area contributed by atoms with Crippen LogP contribution < -0.4 is 20.1 Å². The molecule has 0 radical (unpaired) electrons. The highest BCUT2D eigenvalue weighted by atomic mass is 16.7. The van der Waals surface area contributed by atoms with Crippen LogP contribution in [0.15, 0.2) is 36.5 Å². The molecule has 0 fully saturated rings. The van der Waals surface area contributed by atoms with Crippen molar-refractivity contribution in [2.45, 2.75) is 6.54 Å². The maximum absolute atomic E-state index is 12.2. The van der Waals surface area contributed by atoms with Gasteiger partial charge in [0.1, 0.15) is 5.82 Å². The number of ether oxygens (including phenoxy) is 2. The molecular weight excluding hydrogens is 270 g/mol. The third-order valence-electron chi connectivity index (χ3n) is 3.18. The van der Waals surface area contributed by atoms with Crippen LogP contribution in [0.5, 0.6) is 11.5 Å². The first kappa shape index (κ1) is 13.2. The predicted molar refractivity (Wildman–Crippen MR) is 77.5 cm³/mol. The van der Waals surface area contributed by atoms with E-state index in [1.807, 2.05) is 18.2 Å². The number of carbonyl (C=O) groups is 1. The molecule has 6 heteroatoms. The molecule has 1 amide bonds. The molecule has 6 nitrogen and oxygen atoms in total. The first-order chi connectivity index (χ1) is 10.3. The molecule has 2 N–H and O–H groups in total. The van der Waals surface area contributed by atoms with Crippen LogP contribution >= 0.6 is 0 Å². The molecule has 0 bridgehead atoms. The second-order valence-corrected chi connectivity index (χ2v) is 4.52. The van der Waals surface area contributed by atoms with Crippen molar-refractivity contribution >= 4 is 11.7 Å². The summed E-state index contributed by atoms with van der Waals surface area (Å²) in [7, 11) is 1.73. The summed E-state index contributed by atoms with van der Waals surface area (Å²) >= 11 is 0. The quantitative estimate of drug-likeness (QED) is 0.896. The van der Waals surface area contributed by atoms with Gasteiger partial charge in [0, 0.05) is 19.8 Å². The van der Waals surface area contributed by atoms with Crippen molar-refractivity contribution < 1.29 is 14.3 Å². The Kier molecular flexibility index (Phi) is 3.59. The largest absolute Gasteiger partial charge is 0.454 e. The van der Waals surface area contributed by atoms with Gasteiger partial charge in [-0.2, -0.15) is 0 Å². The van der Waals surface area contributed by atoms with E-state index in [2.05, 4.69) is 15.6 Å². The predicted octanol–water partition coefficient (Wildman–Crippen LogP) is 1.78. The van der Waals surface area contributed by atoms with Crippen LogP contribution in [-0.2, 0) is 6.54 Å². The smallest absolute Gasteiger partial charge is 0.255 e. The van der Waals surface area contributed by atoms with E-state index in [4.69, 9.17) is 9.47 Å². The molecule has 1 aliphatic heterocycles. The van der Waals surface area contributed by atoms with Gasteiger partial charge in [-0.3, -0.25) is 4.79 Å². The van der Waals surface area contributed by atoms with E-state index in [1.54, 1.807) is 25.4 Å². The van der Waals surface area contributed by atoms with Crippen molar-refractivity contribution in [2.75, 3.05) is 19.2 Å². The molecule has 1 aromatic heterocycles. The van der Waals surface area contributed by atoms with E-state index < -0.39 is 0 Å². The molecule has 0 saturated heterocycles. The standard InChI is InChI=1S/C15H15N3O3/c1-16-14-11(3-2-6-17-14)15(19)18-8-10-4-5-12-13(7-10)21-9-20-12/h2-7H,8-9H2,1H3,(H,16,17)(H,18,19). The van der Waals surface area contributed by atoms with Gasteiger partial charge in [0.25, 0.3) is 5.91 Å². The zero-order valence-corrected chi connectivity index (χ0v) is 11.6. The average Bonchev–Trinajstić information content (AvgIpc) is 3.00. The van der Waals surface area contributed by atoms with Gasteiger partial charge in [-0.05, 0) is 29.8 Å². The van der Waals surface area contributed by atoms with Crippen LogP contribution in [0.3, 0.4) is 0 Å². The van der Waals surface area contributed by atoms with Gasteiger partial charge >= 0.3 is 0 Å². The van der Waals surface area contributed by atoms with Crippen LogP contribution in [0.25, 0.3) is 0 Å². The Balaban J connectivity index is 1.68. The molecule has 0 spiro atoms. The molecule has 3 rings (SSSR count). The molecule has 1 aliphatic rings. The molecule has 1 aromatic carbocycles. The summed E-state index contributed by atoms with van der Waals surface area (Å²) in [5.74, 6) is 1.82. The summed E-state index contributed by atoms with van der Waals surface area (Å²) in [6.07, 6.45) is 1.64. The Hall–Kier alpha value is -2.76. The van der Waals surface area contributed by atoms with E-state index in [0.29, 0.717) is 23.7 Å². The summed E-state index contributed by atoms with van der Waals surface area (Å²) in [6.45, 7) is 0.653. The minimum Gasteiger partial charge on any atom is -0.454 e. The SMILES string of the molecule is CNc1ncccc1C(=O)NCc1ccc2c(c1)OCO2. The molecule has 21 heavy (non-hydrogen) atoms. The topological polar surface area (TPSA) is 72.5 Å². The zero-order chi connectivity index (χ0) is 14.7. The van der Waals surface area contributed by atoms with Crippen molar-refractivity contribution in [3.63, 3.8) is 0 Å². The number of hydrogen-bond acceptors (Lipinski definition) is 5. The number of benzene rings is 1. The first-order valence-corrected chi connectivity index (χ1v) is 6.57. The second kappa shape index (κ2) is 5.70. The number of aromatic nitrogens is 1. The highest BCUT2D eigenvalue weighted by Gasteiger charge is 2.14. The summed E-state index contributed by atoms with van der Waals surface area (Å²) in [6, 6.07) is 9.07. The number of anilines is 1. The zero-order valence-electron chi connectivity index (χ0n) is 11.6. The minimum atomic E-state index is -0.176. The van der Waals surface area contributed by atoms with E-state index in [1.165, 1.54) is 0 Å². The number of nitrogens with zero attached hydrogens (tertiary/aromatic N) is 1. The van der Waals surface area contributed by atoms with Crippen LogP contribution in [0.4, 0.5) is 5.82 Å². The number of nitrogens with one attached hydrogen (secondary N) is 2. The third kappa shape index (κ3) is 2.74. The average molecular weight is 285 g/mol. The van der Waals surface area contributed by atoms with Gasteiger partial charge in [-0.15, -0.1) is 0 Å². The summed E-state index contributed by atoms with van der Waals surface area (Å²) < 4.78 is 10.6. The fourth-order valence-electron chi connectivity index (χ4n) is 2.12. The third-order valence-corrected chi connectivity index (χ3v) is 3.18. The van der Waals surface area contributed by atoms with Crippen molar-refractivity contribution in [3.8, 4) is 11.5 Å². The summed E-state index contributed by atoms with van der Waals surface area (Å²) in [5.41, 5.74) is 1.46. The van der Waals surface area contributed by atoms with Gasteiger partial charge in [0.15, 0.2) is 11.5 Å².